The van der Waals surface area contributed by atoms with Gasteiger partial charge in [-0.05, 0) is 71.1 Å². The number of aliphatic hydroxyl groups excluding tert-OH is 1. The molecule has 0 heterocycles. The smallest absolute Gasteiger partial charge is 0.384 e. The number of unbranched alkanes of at least 4 members (excludes halogenated alkanes) is 26. The Labute approximate surface area is 375 Å². The average molecular weight is 887 g/mol. The predicted molar refractivity (Wildman–Crippen MR) is 253 cm³/mol. The van der Waals surface area contributed by atoms with Crippen LogP contribution in [0.25, 0.3) is 0 Å². The lowest BCUT2D eigenvalue weighted by atomic mass is 10.1. The van der Waals surface area contributed by atoms with Gasteiger partial charge in [0.1, 0.15) is 6.61 Å². The number of nitrogens with zero attached hydrogens (tertiary/aromatic N) is 1. The van der Waals surface area contributed by atoms with E-state index < -0.39 is 38.3 Å². The molecule has 2 unspecified atom stereocenters. The maximum Gasteiger partial charge on any atom is 0.384 e. The summed E-state index contributed by atoms with van der Waals surface area (Å²) in [5.74, 6) is -1.74. The van der Waals surface area contributed by atoms with Crippen LogP contribution in [-0.2, 0) is 28.2 Å². The Morgan fingerprint density at radius 2 is 0.918 bits per heavy atom. The molecule has 0 aliphatic carbocycles. The van der Waals surface area contributed by atoms with Crippen LogP contribution >= 0.6 is 7.60 Å². The van der Waals surface area contributed by atoms with Gasteiger partial charge in [-0.25, -0.2) is 0 Å². The van der Waals surface area contributed by atoms with E-state index in [4.69, 9.17) is 14.0 Å². The molecule has 3 atom stereocenters. The third-order valence-corrected chi connectivity index (χ3v) is 14.0. The summed E-state index contributed by atoms with van der Waals surface area (Å²) in [4.78, 5) is 36.4. The zero-order valence-corrected chi connectivity index (χ0v) is 41.1. The molecule has 11 heteroatoms. The zero-order valence-electron chi connectivity index (χ0n) is 40.2. The van der Waals surface area contributed by atoms with E-state index in [1.807, 2.05) is 0 Å². The molecular weight excluding hydrogens is 790 g/mol. The zero-order chi connectivity index (χ0) is 45.3. The molecule has 0 spiro atoms. The fourth-order valence-corrected chi connectivity index (χ4v) is 8.84. The summed E-state index contributed by atoms with van der Waals surface area (Å²) in [5.41, 5.74) is 0. The van der Waals surface area contributed by atoms with Gasteiger partial charge in [-0.1, -0.05) is 167 Å². The minimum Gasteiger partial charge on any atom is -0.462 e. The number of carbonyl (C=O) groups excluding carboxylic acids is 2. The second kappa shape index (κ2) is 41.2. The summed E-state index contributed by atoms with van der Waals surface area (Å²) in [5, 5.41) is 18.6. The Kier molecular flexibility index (Phi) is 40.1. The van der Waals surface area contributed by atoms with Crippen molar-refractivity contribution in [3.8, 4) is 0 Å². The number of hydrogen-bond acceptors (Lipinski definition) is 8. The number of hydrogen-bond donors (Lipinski definition) is 3. The summed E-state index contributed by atoms with van der Waals surface area (Å²) in [7, 11) is -0.817. The van der Waals surface area contributed by atoms with E-state index in [2.05, 4.69) is 38.2 Å². The van der Waals surface area contributed by atoms with Crippen molar-refractivity contribution in [3.63, 3.8) is 0 Å². The number of allylic oxidation sites excluding steroid dienone is 4. The maximum atomic E-state index is 13.3. The molecule has 0 rings (SSSR count). The van der Waals surface area contributed by atoms with Gasteiger partial charge in [-0.2, -0.15) is 0 Å². The molecule has 61 heavy (non-hydrogen) atoms. The average Bonchev–Trinajstić information content (AvgIpc) is 3.23. The largest absolute Gasteiger partial charge is 0.462 e. The van der Waals surface area contributed by atoms with E-state index >= 15 is 0 Å². The highest BCUT2D eigenvalue weighted by Gasteiger charge is 2.42. The second-order valence-corrected chi connectivity index (χ2v) is 20.3. The van der Waals surface area contributed by atoms with E-state index in [1.54, 1.807) is 21.0 Å². The highest BCUT2D eigenvalue weighted by atomic mass is 31.2. The lowest BCUT2D eigenvalue weighted by Gasteiger charge is -2.37. The Bertz CT molecular complexity index is 1130. The standard InChI is InChI=1S/C50H96NO9P/c1-6-8-10-12-14-16-18-20-22-23-24-25-27-28-30-32-34-36-38-40-49(54)58-44-47(45-59-61(56,57)46(3)51(4,5)43-42-48(52)53)60-50(55)41-39-37-35-33-31-29-26-21-19-17-15-13-11-9-7-2/h20-22,26,46-48,52-53H,6-19,23-25,27-45H2,1-5H3/p+1/b22-20-,26-21-/t46?,47-/m1/s1. The molecule has 0 aliphatic rings. The summed E-state index contributed by atoms with van der Waals surface area (Å²) < 4.78 is 30.0. The van der Waals surface area contributed by atoms with E-state index in [0.29, 0.717) is 6.42 Å². The molecule has 3 N–H and O–H groups in total. The molecular formula is C50H97NO9P+. The first-order chi connectivity index (χ1) is 29.4. The van der Waals surface area contributed by atoms with E-state index in [0.717, 1.165) is 57.8 Å². The minimum absolute atomic E-state index is 0.0115. The van der Waals surface area contributed by atoms with Crippen LogP contribution in [0.2, 0.25) is 0 Å². The molecule has 0 aromatic heterocycles. The van der Waals surface area contributed by atoms with Crippen LogP contribution in [0, 0.1) is 0 Å². The van der Waals surface area contributed by atoms with Crippen molar-refractivity contribution in [2.24, 2.45) is 0 Å². The molecule has 360 valence electrons. The van der Waals surface area contributed by atoms with Crippen LogP contribution in [0.15, 0.2) is 24.3 Å². The van der Waals surface area contributed by atoms with Gasteiger partial charge in [0.25, 0.3) is 0 Å². The molecule has 0 fully saturated rings. The van der Waals surface area contributed by atoms with Crippen molar-refractivity contribution >= 4 is 19.5 Å². The summed E-state index contributed by atoms with van der Waals surface area (Å²) in [6, 6.07) is 0. The van der Waals surface area contributed by atoms with Gasteiger partial charge in [0.15, 0.2) is 18.2 Å². The topological polar surface area (TPSA) is 140 Å². The molecule has 0 bridgehead atoms. The third-order valence-electron chi connectivity index (χ3n) is 11.9. The molecule has 0 amide bonds. The highest BCUT2D eigenvalue weighted by Crippen LogP contribution is 2.50. The van der Waals surface area contributed by atoms with E-state index in [-0.39, 0.29) is 42.9 Å². The van der Waals surface area contributed by atoms with Crippen molar-refractivity contribution in [3.05, 3.63) is 24.3 Å². The molecule has 0 saturated heterocycles. The number of carbonyl (C=O) groups is 2. The molecule has 10 nitrogen and oxygen atoms in total. The lowest BCUT2D eigenvalue weighted by molar-refractivity contribution is -0.901. The molecule has 0 radical (unpaired) electrons. The van der Waals surface area contributed by atoms with Crippen molar-refractivity contribution in [1.82, 2.24) is 0 Å². The number of aliphatic hydroxyl groups is 2. The van der Waals surface area contributed by atoms with Crippen LogP contribution in [0.3, 0.4) is 0 Å². The third kappa shape index (κ3) is 38.6. The maximum absolute atomic E-state index is 13.3. The van der Waals surface area contributed by atoms with Crippen molar-refractivity contribution < 1.29 is 47.7 Å². The Hall–Kier alpha value is -1.55. The minimum atomic E-state index is -4.24. The molecule has 0 aromatic rings. The van der Waals surface area contributed by atoms with Crippen LogP contribution in [0.1, 0.15) is 233 Å². The Balaban J connectivity index is 4.53. The monoisotopic (exact) mass is 887 g/mol. The fourth-order valence-electron chi connectivity index (χ4n) is 7.33. The highest BCUT2D eigenvalue weighted by molar-refractivity contribution is 7.53. The van der Waals surface area contributed by atoms with Gasteiger partial charge < -0.3 is 33.6 Å². The summed E-state index contributed by atoms with van der Waals surface area (Å²) in [6.45, 7) is 5.65. The first-order valence-electron chi connectivity index (χ1n) is 25.2. The molecule has 0 aromatic carbocycles. The number of quaternary nitrogens is 1. The van der Waals surface area contributed by atoms with Gasteiger partial charge >= 0.3 is 19.5 Å². The lowest BCUT2D eigenvalue weighted by Crippen LogP contribution is -2.49. The van der Waals surface area contributed by atoms with Crippen LogP contribution in [-0.4, -0.2) is 83.6 Å². The number of ether oxygens (including phenoxy) is 2. The van der Waals surface area contributed by atoms with Crippen molar-refractivity contribution in [2.75, 3.05) is 33.9 Å². The van der Waals surface area contributed by atoms with Crippen LogP contribution < -0.4 is 0 Å². The first-order valence-corrected chi connectivity index (χ1v) is 26.8. The normalized spacial score (nSPS) is 14.2. The van der Waals surface area contributed by atoms with Gasteiger partial charge in [0, 0.05) is 19.3 Å². The van der Waals surface area contributed by atoms with E-state index in [9.17, 15) is 29.3 Å². The van der Waals surface area contributed by atoms with Crippen LogP contribution in [0.5, 0.6) is 0 Å². The van der Waals surface area contributed by atoms with Gasteiger partial charge in [0.05, 0.1) is 27.2 Å². The molecule has 0 saturated carbocycles. The predicted octanol–water partition coefficient (Wildman–Crippen LogP) is 13.4. The Morgan fingerprint density at radius 1 is 0.557 bits per heavy atom. The first kappa shape index (κ1) is 59.5. The number of rotatable bonds is 45. The number of esters is 2. The van der Waals surface area contributed by atoms with Crippen molar-refractivity contribution in [1.29, 1.82) is 0 Å². The summed E-state index contributed by atoms with van der Waals surface area (Å²) >= 11 is 0. The summed E-state index contributed by atoms with van der Waals surface area (Å²) in [6.07, 6.45) is 43.1. The van der Waals surface area contributed by atoms with Gasteiger partial charge in [-0.15, -0.1) is 0 Å². The van der Waals surface area contributed by atoms with Gasteiger partial charge in [-0.3, -0.25) is 14.2 Å². The van der Waals surface area contributed by atoms with Crippen molar-refractivity contribution in [2.45, 2.75) is 251 Å². The molecule has 0 aliphatic heterocycles. The Morgan fingerprint density at radius 3 is 1.31 bits per heavy atom. The van der Waals surface area contributed by atoms with Gasteiger partial charge in [0.2, 0.25) is 0 Å². The SMILES string of the molecule is CCCCCCCC/C=C\CCCCCCCCCCCC(=O)OC[C@H](COP(=O)(O)C(C)[N+](C)(C)CCC(O)O)OC(=O)CCCCCCC/C=C\CCCCCCCC. The fraction of sp³-hybridized carbons (Fsp3) is 0.880. The quantitative estimate of drug-likeness (QED) is 0.0136. The van der Waals surface area contributed by atoms with E-state index in [1.165, 1.54) is 128 Å². The van der Waals surface area contributed by atoms with Crippen LogP contribution in [0.4, 0.5) is 0 Å². The second-order valence-electron chi connectivity index (χ2n) is 18.1.